The lowest BCUT2D eigenvalue weighted by Crippen LogP contribution is -2.20. The van der Waals surface area contributed by atoms with Crippen LogP contribution in [0.1, 0.15) is 18.9 Å². The summed E-state index contributed by atoms with van der Waals surface area (Å²) in [5.74, 6) is -0.918. The van der Waals surface area contributed by atoms with Gasteiger partial charge in [0.1, 0.15) is 0 Å². The predicted octanol–water partition coefficient (Wildman–Crippen LogP) is 1.50. The number of aryl methyl sites for hydroxylation is 1. The van der Waals surface area contributed by atoms with Crippen molar-refractivity contribution in [1.29, 1.82) is 0 Å². The van der Waals surface area contributed by atoms with Crippen molar-refractivity contribution in [3.8, 4) is 0 Å². The average molecular weight is 209 g/mol. The van der Waals surface area contributed by atoms with Crippen LogP contribution in [0.25, 0.3) is 0 Å². The van der Waals surface area contributed by atoms with Crippen LogP contribution in [-0.2, 0) is 16.0 Å². The maximum absolute atomic E-state index is 10.4. The maximum Gasteiger partial charge on any atom is 0.332 e. The highest BCUT2D eigenvalue weighted by atomic mass is 16.5. The number of hydrogen-bond donors (Lipinski definition) is 1. The molecular weight excluding hydrogens is 194 g/mol. The molecule has 0 unspecified atom stereocenters. The van der Waals surface area contributed by atoms with Gasteiger partial charge in [-0.1, -0.05) is 0 Å². The van der Waals surface area contributed by atoms with Crippen molar-refractivity contribution >= 4 is 5.97 Å². The fourth-order valence-corrected chi connectivity index (χ4v) is 1.16. The van der Waals surface area contributed by atoms with E-state index in [2.05, 4.69) is 4.98 Å². The van der Waals surface area contributed by atoms with Crippen molar-refractivity contribution in [3.63, 3.8) is 0 Å². The van der Waals surface area contributed by atoms with Crippen LogP contribution < -0.4 is 0 Å². The number of carbonyl (C=O) groups is 1. The van der Waals surface area contributed by atoms with E-state index >= 15 is 0 Å². The molecule has 0 aliphatic heterocycles. The number of hydrogen-bond acceptors (Lipinski definition) is 3. The Balaban J connectivity index is 2.15. The Hall–Kier alpha value is -1.42. The van der Waals surface area contributed by atoms with Gasteiger partial charge in [0.15, 0.2) is 6.10 Å². The Labute approximate surface area is 88.9 Å². The molecule has 0 amide bonds. The highest BCUT2D eigenvalue weighted by Gasteiger charge is 2.09. The average Bonchev–Trinajstić information content (AvgIpc) is 2.25. The van der Waals surface area contributed by atoms with Crippen molar-refractivity contribution in [3.05, 3.63) is 30.1 Å². The first-order chi connectivity index (χ1) is 7.20. The summed E-state index contributed by atoms with van der Waals surface area (Å²) in [7, 11) is 0. The molecule has 0 saturated heterocycles. The Morgan fingerprint density at radius 3 is 2.80 bits per heavy atom. The SMILES string of the molecule is C[C@@H](OCCCc1ccncc1)C(=O)O. The maximum atomic E-state index is 10.4. The number of aromatic nitrogens is 1. The quantitative estimate of drug-likeness (QED) is 0.721. The first-order valence-corrected chi connectivity index (χ1v) is 4.93. The topological polar surface area (TPSA) is 59.4 Å². The van der Waals surface area contributed by atoms with E-state index in [1.54, 1.807) is 12.4 Å². The fraction of sp³-hybridized carbons (Fsp3) is 0.455. The van der Waals surface area contributed by atoms with Gasteiger partial charge in [-0.3, -0.25) is 4.98 Å². The highest BCUT2D eigenvalue weighted by Crippen LogP contribution is 2.02. The molecule has 0 aliphatic rings. The van der Waals surface area contributed by atoms with E-state index in [-0.39, 0.29) is 0 Å². The number of pyridine rings is 1. The van der Waals surface area contributed by atoms with Gasteiger partial charge in [-0.05, 0) is 37.5 Å². The lowest BCUT2D eigenvalue weighted by Gasteiger charge is -2.07. The van der Waals surface area contributed by atoms with Gasteiger partial charge < -0.3 is 9.84 Å². The summed E-state index contributed by atoms with van der Waals surface area (Å²) in [4.78, 5) is 14.3. The molecule has 0 aromatic carbocycles. The molecule has 4 nitrogen and oxygen atoms in total. The molecule has 0 radical (unpaired) electrons. The molecule has 1 heterocycles. The van der Waals surface area contributed by atoms with Gasteiger partial charge in [0.2, 0.25) is 0 Å². The van der Waals surface area contributed by atoms with E-state index in [4.69, 9.17) is 9.84 Å². The third-order valence-electron chi connectivity index (χ3n) is 2.07. The zero-order chi connectivity index (χ0) is 11.1. The number of ether oxygens (including phenoxy) is 1. The Morgan fingerprint density at radius 1 is 1.53 bits per heavy atom. The number of nitrogens with zero attached hydrogens (tertiary/aromatic N) is 1. The molecule has 0 fully saturated rings. The van der Waals surface area contributed by atoms with Crippen molar-refractivity contribution in [1.82, 2.24) is 4.98 Å². The summed E-state index contributed by atoms with van der Waals surface area (Å²) in [5.41, 5.74) is 1.19. The predicted molar refractivity (Wildman–Crippen MR) is 55.6 cm³/mol. The van der Waals surface area contributed by atoms with Crippen LogP contribution in [0.15, 0.2) is 24.5 Å². The van der Waals surface area contributed by atoms with Gasteiger partial charge >= 0.3 is 5.97 Å². The molecular formula is C11H15NO3. The van der Waals surface area contributed by atoms with Gasteiger partial charge in [0.05, 0.1) is 0 Å². The van der Waals surface area contributed by atoms with E-state index in [1.165, 1.54) is 12.5 Å². The van der Waals surface area contributed by atoms with E-state index in [9.17, 15) is 4.79 Å². The van der Waals surface area contributed by atoms with E-state index in [1.807, 2.05) is 12.1 Å². The van der Waals surface area contributed by atoms with E-state index in [0.29, 0.717) is 6.61 Å². The van der Waals surface area contributed by atoms with Crippen molar-refractivity contribution in [2.24, 2.45) is 0 Å². The lowest BCUT2D eigenvalue weighted by atomic mass is 10.1. The first-order valence-electron chi connectivity index (χ1n) is 4.93. The van der Waals surface area contributed by atoms with Gasteiger partial charge in [-0.25, -0.2) is 4.79 Å². The first kappa shape index (κ1) is 11.7. The Bertz CT molecular complexity index is 300. The molecule has 0 spiro atoms. The normalized spacial score (nSPS) is 12.3. The second-order valence-corrected chi connectivity index (χ2v) is 3.31. The minimum absolute atomic E-state index is 0.468. The highest BCUT2D eigenvalue weighted by molar-refractivity contribution is 5.71. The molecule has 0 saturated carbocycles. The van der Waals surface area contributed by atoms with E-state index in [0.717, 1.165) is 12.8 Å². The summed E-state index contributed by atoms with van der Waals surface area (Å²) >= 11 is 0. The van der Waals surface area contributed by atoms with Crippen LogP contribution >= 0.6 is 0 Å². The largest absolute Gasteiger partial charge is 0.479 e. The zero-order valence-corrected chi connectivity index (χ0v) is 8.72. The summed E-state index contributed by atoms with van der Waals surface area (Å²) < 4.78 is 5.11. The van der Waals surface area contributed by atoms with Crippen LogP contribution in [0.4, 0.5) is 0 Å². The second kappa shape index (κ2) is 6.14. The standard InChI is InChI=1S/C11H15NO3/c1-9(11(13)14)15-8-2-3-10-4-6-12-7-5-10/h4-7,9H,2-3,8H2,1H3,(H,13,14)/t9-/m1/s1. The molecule has 0 bridgehead atoms. The van der Waals surface area contributed by atoms with Crippen molar-refractivity contribution in [2.45, 2.75) is 25.9 Å². The number of aliphatic carboxylic acids is 1. The third kappa shape index (κ3) is 4.56. The summed E-state index contributed by atoms with van der Waals surface area (Å²) in [6.45, 7) is 2.00. The smallest absolute Gasteiger partial charge is 0.332 e. The Morgan fingerprint density at radius 2 is 2.20 bits per heavy atom. The van der Waals surface area contributed by atoms with Crippen molar-refractivity contribution in [2.75, 3.05) is 6.61 Å². The van der Waals surface area contributed by atoms with Crippen LogP contribution in [-0.4, -0.2) is 28.8 Å². The summed E-state index contributed by atoms with van der Waals surface area (Å²) in [6, 6.07) is 3.89. The van der Waals surface area contributed by atoms with Crippen LogP contribution in [0.5, 0.6) is 0 Å². The van der Waals surface area contributed by atoms with Crippen LogP contribution in [0, 0.1) is 0 Å². The van der Waals surface area contributed by atoms with Crippen molar-refractivity contribution < 1.29 is 14.6 Å². The van der Waals surface area contributed by atoms with Crippen LogP contribution in [0.3, 0.4) is 0 Å². The molecule has 0 aliphatic carbocycles. The van der Waals surface area contributed by atoms with Gasteiger partial charge in [0, 0.05) is 19.0 Å². The number of carboxylic acid groups (broad SMARTS) is 1. The third-order valence-corrected chi connectivity index (χ3v) is 2.07. The minimum Gasteiger partial charge on any atom is -0.479 e. The summed E-state index contributed by atoms with van der Waals surface area (Å²) in [5, 5.41) is 8.57. The lowest BCUT2D eigenvalue weighted by molar-refractivity contribution is -0.149. The molecule has 1 aromatic rings. The molecule has 15 heavy (non-hydrogen) atoms. The summed E-state index contributed by atoms with van der Waals surface area (Å²) in [6.07, 6.45) is 4.48. The molecule has 4 heteroatoms. The van der Waals surface area contributed by atoms with Gasteiger partial charge in [-0.2, -0.15) is 0 Å². The van der Waals surface area contributed by atoms with Gasteiger partial charge in [0.25, 0.3) is 0 Å². The van der Waals surface area contributed by atoms with Gasteiger partial charge in [-0.15, -0.1) is 0 Å². The minimum atomic E-state index is -0.918. The monoisotopic (exact) mass is 209 g/mol. The number of rotatable bonds is 6. The Kier molecular flexibility index (Phi) is 4.77. The fourth-order valence-electron chi connectivity index (χ4n) is 1.16. The molecule has 82 valence electrons. The van der Waals surface area contributed by atoms with E-state index < -0.39 is 12.1 Å². The number of carboxylic acids is 1. The molecule has 1 aromatic heterocycles. The van der Waals surface area contributed by atoms with Crippen LogP contribution in [0.2, 0.25) is 0 Å². The zero-order valence-electron chi connectivity index (χ0n) is 8.72. The molecule has 1 atom stereocenters. The molecule has 1 N–H and O–H groups in total. The molecule has 1 rings (SSSR count). The second-order valence-electron chi connectivity index (χ2n) is 3.31.